The molecule has 0 amide bonds. The Labute approximate surface area is 118 Å². The van der Waals surface area contributed by atoms with Crippen LogP contribution in [0.5, 0.6) is 5.75 Å². The molecule has 0 aliphatic carbocycles. The zero-order chi connectivity index (χ0) is 14.0. The molecular formula is C13H12BrNO4. The lowest BCUT2D eigenvalue weighted by molar-refractivity contribution is 0.0662. The Balaban J connectivity index is 2.55. The van der Waals surface area contributed by atoms with Crippen LogP contribution in [0, 0.1) is 0 Å². The number of carboxylic acids is 1. The first-order chi connectivity index (χ1) is 9.06. The molecule has 0 atom stereocenters. The number of nitrogens with zero attached hydrogens (tertiary/aromatic N) is 1. The third kappa shape index (κ3) is 2.63. The van der Waals surface area contributed by atoms with Crippen molar-refractivity contribution in [3.63, 3.8) is 0 Å². The van der Waals surface area contributed by atoms with E-state index in [1.165, 1.54) is 0 Å². The van der Waals surface area contributed by atoms with E-state index < -0.39 is 5.97 Å². The number of benzene rings is 1. The van der Waals surface area contributed by atoms with E-state index in [1.54, 1.807) is 25.3 Å². The SMILES string of the molecule is CCc1nc(-c2cc(OC)ccc2Br)oc1C(=O)O. The van der Waals surface area contributed by atoms with Gasteiger partial charge in [0.2, 0.25) is 11.7 Å². The highest BCUT2D eigenvalue weighted by Crippen LogP contribution is 2.32. The number of hydrogen-bond acceptors (Lipinski definition) is 4. The number of oxazole rings is 1. The summed E-state index contributed by atoms with van der Waals surface area (Å²) in [5, 5.41) is 9.06. The summed E-state index contributed by atoms with van der Waals surface area (Å²) in [6, 6.07) is 5.32. The fourth-order valence-corrected chi connectivity index (χ4v) is 2.09. The Morgan fingerprint density at radius 3 is 2.79 bits per heavy atom. The average molecular weight is 326 g/mol. The van der Waals surface area contributed by atoms with E-state index in [-0.39, 0.29) is 11.7 Å². The lowest BCUT2D eigenvalue weighted by Crippen LogP contribution is -1.98. The van der Waals surface area contributed by atoms with E-state index in [9.17, 15) is 4.79 Å². The molecule has 0 aliphatic rings. The van der Waals surface area contributed by atoms with Crippen LogP contribution in [0.25, 0.3) is 11.5 Å². The minimum Gasteiger partial charge on any atom is -0.497 e. The summed E-state index contributed by atoms with van der Waals surface area (Å²) in [6.45, 7) is 1.83. The van der Waals surface area contributed by atoms with Gasteiger partial charge in [-0.15, -0.1) is 0 Å². The van der Waals surface area contributed by atoms with E-state index >= 15 is 0 Å². The van der Waals surface area contributed by atoms with Gasteiger partial charge in [0.15, 0.2) is 0 Å². The molecule has 0 saturated carbocycles. The van der Waals surface area contributed by atoms with Gasteiger partial charge >= 0.3 is 5.97 Å². The third-order valence-corrected chi connectivity index (χ3v) is 3.32. The first-order valence-corrected chi connectivity index (χ1v) is 6.43. The zero-order valence-electron chi connectivity index (χ0n) is 10.4. The van der Waals surface area contributed by atoms with Crippen molar-refractivity contribution in [3.05, 3.63) is 34.1 Å². The Morgan fingerprint density at radius 2 is 2.26 bits per heavy atom. The number of aromatic carboxylic acids is 1. The molecule has 0 fully saturated rings. The van der Waals surface area contributed by atoms with Gasteiger partial charge in [-0.2, -0.15) is 0 Å². The van der Waals surface area contributed by atoms with Crippen molar-refractivity contribution in [2.24, 2.45) is 0 Å². The lowest BCUT2D eigenvalue weighted by atomic mass is 10.2. The van der Waals surface area contributed by atoms with Crippen molar-refractivity contribution in [3.8, 4) is 17.2 Å². The van der Waals surface area contributed by atoms with Crippen molar-refractivity contribution in [1.29, 1.82) is 0 Å². The maximum Gasteiger partial charge on any atom is 0.373 e. The second-order valence-electron chi connectivity index (χ2n) is 3.80. The molecule has 0 saturated heterocycles. The molecule has 1 N–H and O–H groups in total. The molecule has 0 spiro atoms. The number of hydrogen-bond donors (Lipinski definition) is 1. The fraction of sp³-hybridized carbons (Fsp3) is 0.231. The topological polar surface area (TPSA) is 72.6 Å². The van der Waals surface area contributed by atoms with Crippen LogP contribution in [0.1, 0.15) is 23.2 Å². The molecule has 2 aromatic rings. The van der Waals surface area contributed by atoms with Crippen LogP contribution in [0.4, 0.5) is 0 Å². The maximum atomic E-state index is 11.1. The Morgan fingerprint density at radius 1 is 1.53 bits per heavy atom. The van der Waals surface area contributed by atoms with Gasteiger partial charge in [-0.3, -0.25) is 0 Å². The average Bonchev–Trinajstić information content (AvgIpc) is 2.83. The standard InChI is InChI=1S/C13H12BrNO4/c1-3-10-11(13(16)17)19-12(15-10)8-6-7(18-2)4-5-9(8)14/h4-6H,3H2,1-2H3,(H,16,17). The number of carboxylic acid groups (broad SMARTS) is 1. The Hall–Kier alpha value is -1.82. The fourth-order valence-electron chi connectivity index (χ4n) is 1.67. The number of ether oxygens (including phenoxy) is 1. The Bertz CT molecular complexity index is 621. The van der Waals surface area contributed by atoms with Crippen LogP contribution in [0.15, 0.2) is 27.1 Å². The van der Waals surface area contributed by atoms with Crippen LogP contribution in [0.3, 0.4) is 0 Å². The summed E-state index contributed by atoms with van der Waals surface area (Å²) in [5.41, 5.74) is 1.08. The second kappa shape index (κ2) is 5.44. The molecule has 0 radical (unpaired) electrons. The van der Waals surface area contributed by atoms with Gasteiger partial charge in [0.25, 0.3) is 0 Å². The molecule has 2 rings (SSSR count). The van der Waals surface area contributed by atoms with E-state index in [0.29, 0.717) is 23.4 Å². The molecule has 19 heavy (non-hydrogen) atoms. The largest absolute Gasteiger partial charge is 0.497 e. The van der Waals surface area contributed by atoms with Crippen LogP contribution in [0.2, 0.25) is 0 Å². The summed E-state index contributed by atoms with van der Waals surface area (Å²) in [4.78, 5) is 15.3. The molecule has 6 heteroatoms. The molecule has 1 aromatic heterocycles. The number of methoxy groups -OCH3 is 1. The molecule has 0 bridgehead atoms. The van der Waals surface area contributed by atoms with Crippen LogP contribution < -0.4 is 4.74 Å². The lowest BCUT2D eigenvalue weighted by Gasteiger charge is -2.03. The third-order valence-electron chi connectivity index (χ3n) is 2.63. The van der Waals surface area contributed by atoms with Gasteiger partial charge in [-0.25, -0.2) is 9.78 Å². The summed E-state index contributed by atoms with van der Waals surface area (Å²) >= 11 is 3.39. The molecule has 100 valence electrons. The molecule has 5 nitrogen and oxygen atoms in total. The number of rotatable bonds is 4. The number of aryl methyl sites for hydroxylation is 1. The minimum absolute atomic E-state index is 0.118. The number of aromatic nitrogens is 1. The van der Waals surface area contributed by atoms with Crippen molar-refractivity contribution >= 4 is 21.9 Å². The highest BCUT2D eigenvalue weighted by molar-refractivity contribution is 9.10. The second-order valence-corrected chi connectivity index (χ2v) is 4.65. The maximum absolute atomic E-state index is 11.1. The van der Waals surface area contributed by atoms with Gasteiger partial charge in [0, 0.05) is 4.47 Å². The normalized spacial score (nSPS) is 10.5. The highest BCUT2D eigenvalue weighted by atomic mass is 79.9. The summed E-state index contributed by atoms with van der Waals surface area (Å²) in [5.74, 6) is -0.326. The predicted molar refractivity (Wildman–Crippen MR) is 72.5 cm³/mol. The van der Waals surface area contributed by atoms with Gasteiger partial charge in [-0.05, 0) is 40.5 Å². The quantitative estimate of drug-likeness (QED) is 0.932. The van der Waals surface area contributed by atoms with Crippen molar-refractivity contribution in [1.82, 2.24) is 4.98 Å². The van der Waals surface area contributed by atoms with Gasteiger partial charge in [-0.1, -0.05) is 6.92 Å². The predicted octanol–water partition coefficient (Wildman–Crippen LogP) is 3.37. The molecule has 1 heterocycles. The van der Waals surface area contributed by atoms with Crippen molar-refractivity contribution in [2.75, 3.05) is 7.11 Å². The van der Waals surface area contributed by atoms with Crippen LogP contribution in [-0.2, 0) is 6.42 Å². The van der Waals surface area contributed by atoms with Gasteiger partial charge in [0.1, 0.15) is 5.75 Å². The van der Waals surface area contributed by atoms with Crippen molar-refractivity contribution < 1.29 is 19.1 Å². The Kier molecular flexibility index (Phi) is 3.90. The zero-order valence-corrected chi connectivity index (χ0v) is 12.0. The summed E-state index contributed by atoms with van der Waals surface area (Å²) in [7, 11) is 1.56. The monoisotopic (exact) mass is 325 g/mol. The van der Waals surface area contributed by atoms with Crippen molar-refractivity contribution in [2.45, 2.75) is 13.3 Å². The molecular weight excluding hydrogens is 314 g/mol. The van der Waals surface area contributed by atoms with E-state index in [4.69, 9.17) is 14.3 Å². The van der Waals surface area contributed by atoms with Crippen LogP contribution >= 0.6 is 15.9 Å². The smallest absolute Gasteiger partial charge is 0.373 e. The van der Waals surface area contributed by atoms with Crippen LogP contribution in [-0.4, -0.2) is 23.2 Å². The van der Waals surface area contributed by atoms with Gasteiger partial charge in [0.05, 0.1) is 18.4 Å². The highest BCUT2D eigenvalue weighted by Gasteiger charge is 2.20. The molecule has 0 aliphatic heterocycles. The molecule has 1 aromatic carbocycles. The van der Waals surface area contributed by atoms with E-state index in [1.807, 2.05) is 6.92 Å². The summed E-state index contributed by atoms with van der Waals surface area (Å²) < 4.78 is 11.2. The molecule has 0 unspecified atom stereocenters. The number of halogens is 1. The first kappa shape index (κ1) is 13.6. The van der Waals surface area contributed by atoms with Gasteiger partial charge < -0.3 is 14.3 Å². The van der Waals surface area contributed by atoms with E-state index in [2.05, 4.69) is 20.9 Å². The first-order valence-electron chi connectivity index (χ1n) is 5.63. The minimum atomic E-state index is -1.12. The number of carbonyl (C=O) groups is 1. The summed E-state index contributed by atoms with van der Waals surface area (Å²) in [6.07, 6.45) is 0.493. The van der Waals surface area contributed by atoms with E-state index in [0.717, 1.165) is 4.47 Å².